The minimum Gasteiger partial charge on any atom is -0.508 e. The fourth-order valence-corrected chi connectivity index (χ4v) is 2.76. The van der Waals surface area contributed by atoms with Gasteiger partial charge in [-0.05, 0) is 35.4 Å². The maximum absolute atomic E-state index is 9.42. The van der Waals surface area contributed by atoms with Crippen LogP contribution >= 0.6 is 0 Å². The molecule has 1 saturated carbocycles. The van der Waals surface area contributed by atoms with Crippen LogP contribution in [0.25, 0.3) is 0 Å². The Morgan fingerprint density at radius 2 is 2.12 bits per heavy atom. The molecular weight excluding hydrogens is 202 g/mol. The predicted octanol–water partition coefficient (Wildman–Crippen LogP) is 2.10. The fourth-order valence-electron chi connectivity index (χ4n) is 2.76. The van der Waals surface area contributed by atoms with E-state index in [1.54, 1.807) is 19.2 Å². The number of aromatic hydroxyl groups is 1. The first-order chi connectivity index (χ1) is 7.52. The van der Waals surface area contributed by atoms with E-state index in [9.17, 15) is 5.11 Å². The van der Waals surface area contributed by atoms with Crippen LogP contribution in [0, 0.1) is 11.3 Å². The van der Waals surface area contributed by atoms with Crippen molar-refractivity contribution in [1.29, 1.82) is 0 Å². The first-order valence-corrected chi connectivity index (χ1v) is 5.59. The molecule has 1 aromatic rings. The second-order valence-corrected chi connectivity index (χ2v) is 5.07. The topological polar surface area (TPSA) is 55.5 Å². The van der Waals surface area contributed by atoms with Crippen LogP contribution in [-0.4, -0.2) is 18.8 Å². The zero-order valence-corrected chi connectivity index (χ0v) is 10.0. The van der Waals surface area contributed by atoms with Gasteiger partial charge in [0.05, 0.1) is 7.11 Å². The van der Waals surface area contributed by atoms with E-state index in [-0.39, 0.29) is 11.2 Å². The van der Waals surface area contributed by atoms with Gasteiger partial charge >= 0.3 is 0 Å². The lowest BCUT2D eigenvalue weighted by molar-refractivity contribution is 0.401. The molecule has 0 saturated heterocycles. The summed E-state index contributed by atoms with van der Waals surface area (Å²) < 4.78 is 5.31. The lowest BCUT2D eigenvalue weighted by atomic mass is 10.0. The number of hydrogen-bond donors (Lipinski definition) is 2. The van der Waals surface area contributed by atoms with Gasteiger partial charge in [-0.2, -0.15) is 0 Å². The van der Waals surface area contributed by atoms with Gasteiger partial charge in [0.15, 0.2) is 0 Å². The van der Waals surface area contributed by atoms with Gasteiger partial charge in [-0.1, -0.05) is 19.9 Å². The monoisotopic (exact) mass is 221 g/mol. The maximum atomic E-state index is 9.42. The number of methoxy groups -OCH3 is 1. The number of ether oxygens (including phenoxy) is 1. The van der Waals surface area contributed by atoms with Gasteiger partial charge in [0.1, 0.15) is 11.5 Å². The molecule has 1 aliphatic rings. The van der Waals surface area contributed by atoms with Crippen molar-refractivity contribution in [3.63, 3.8) is 0 Å². The van der Waals surface area contributed by atoms with Gasteiger partial charge in [-0.25, -0.2) is 0 Å². The number of rotatable bonds is 3. The molecule has 16 heavy (non-hydrogen) atoms. The molecule has 2 atom stereocenters. The molecule has 1 fully saturated rings. The van der Waals surface area contributed by atoms with Crippen LogP contribution in [0.4, 0.5) is 0 Å². The number of phenolic OH excluding ortho intramolecular Hbond substituents is 1. The summed E-state index contributed by atoms with van der Waals surface area (Å²) in [5, 5.41) is 9.42. The van der Waals surface area contributed by atoms with Crippen molar-refractivity contribution >= 4 is 0 Å². The van der Waals surface area contributed by atoms with Crippen LogP contribution in [0.3, 0.4) is 0 Å². The smallest absolute Gasteiger partial charge is 0.126 e. The highest BCUT2D eigenvalue weighted by Crippen LogP contribution is 2.65. The van der Waals surface area contributed by atoms with Crippen LogP contribution < -0.4 is 10.5 Å². The standard InChI is InChI=1S/C13H19NO2/c1-13(2)10(7-14)12(13)9-5-4-8(15)6-11(9)16-3/h4-6,10,12,15H,7,14H2,1-3H3/t10-,12-/m1/s1. The molecule has 88 valence electrons. The molecule has 0 bridgehead atoms. The molecule has 3 heteroatoms. The summed E-state index contributed by atoms with van der Waals surface area (Å²) in [5.74, 6) is 1.94. The van der Waals surface area contributed by atoms with E-state index < -0.39 is 0 Å². The Balaban J connectivity index is 2.35. The van der Waals surface area contributed by atoms with Gasteiger partial charge in [0, 0.05) is 6.07 Å². The molecule has 0 heterocycles. The van der Waals surface area contributed by atoms with Crippen molar-refractivity contribution in [1.82, 2.24) is 0 Å². The van der Waals surface area contributed by atoms with Crippen molar-refractivity contribution in [2.45, 2.75) is 19.8 Å². The maximum Gasteiger partial charge on any atom is 0.126 e. The van der Waals surface area contributed by atoms with Crippen LogP contribution in [0.15, 0.2) is 18.2 Å². The minimum atomic E-state index is 0.235. The zero-order valence-electron chi connectivity index (χ0n) is 10.0. The Morgan fingerprint density at radius 1 is 1.44 bits per heavy atom. The van der Waals surface area contributed by atoms with Crippen LogP contribution in [0.1, 0.15) is 25.3 Å². The van der Waals surface area contributed by atoms with E-state index >= 15 is 0 Å². The molecule has 0 aromatic heterocycles. The molecular formula is C13H19NO2. The predicted molar refractivity (Wildman–Crippen MR) is 63.7 cm³/mol. The SMILES string of the molecule is COc1cc(O)ccc1[C@@H]1[C@@H](CN)C1(C)C. The second kappa shape index (κ2) is 3.67. The summed E-state index contributed by atoms with van der Waals surface area (Å²) in [6.45, 7) is 5.14. The molecule has 3 nitrogen and oxygen atoms in total. The summed E-state index contributed by atoms with van der Waals surface area (Å²) in [6.07, 6.45) is 0. The third kappa shape index (κ3) is 1.55. The van der Waals surface area contributed by atoms with E-state index in [0.717, 1.165) is 11.3 Å². The number of nitrogens with two attached hydrogens (primary N) is 1. The van der Waals surface area contributed by atoms with Crippen LogP contribution in [-0.2, 0) is 0 Å². The summed E-state index contributed by atoms with van der Waals surface area (Å²) in [5.41, 5.74) is 7.16. The Labute approximate surface area is 96.2 Å². The molecule has 0 amide bonds. The molecule has 0 radical (unpaired) electrons. The van der Waals surface area contributed by atoms with E-state index in [1.807, 2.05) is 6.07 Å². The third-order valence-electron chi connectivity index (χ3n) is 3.86. The molecule has 0 unspecified atom stereocenters. The number of hydrogen-bond acceptors (Lipinski definition) is 3. The fraction of sp³-hybridized carbons (Fsp3) is 0.538. The summed E-state index contributed by atoms with van der Waals surface area (Å²) >= 11 is 0. The van der Waals surface area contributed by atoms with E-state index in [4.69, 9.17) is 10.5 Å². The average Bonchev–Trinajstić information content (AvgIpc) is 2.80. The molecule has 2 rings (SSSR count). The van der Waals surface area contributed by atoms with Gasteiger partial charge < -0.3 is 15.6 Å². The van der Waals surface area contributed by atoms with Gasteiger partial charge in [-0.15, -0.1) is 0 Å². The van der Waals surface area contributed by atoms with Crippen molar-refractivity contribution in [2.24, 2.45) is 17.1 Å². The van der Waals surface area contributed by atoms with Crippen molar-refractivity contribution in [3.05, 3.63) is 23.8 Å². The first-order valence-electron chi connectivity index (χ1n) is 5.59. The van der Waals surface area contributed by atoms with Crippen LogP contribution in [0.2, 0.25) is 0 Å². The van der Waals surface area contributed by atoms with E-state index in [0.29, 0.717) is 18.4 Å². The van der Waals surface area contributed by atoms with Crippen molar-refractivity contribution in [3.8, 4) is 11.5 Å². The van der Waals surface area contributed by atoms with E-state index in [1.165, 1.54) is 0 Å². The van der Waals surface area contributed by atoms with Gasteiger partial charge in [0.2, 0.25) is 0 Å². The quantitative estimate of drug-likeness (QED) is 0.821. The third-order valence-corrected chi connectivity index (χ3v) is 3.86. The number of phenols is 1. The van der Waals surface area contributed by atoms with Gasteiger partial charge in [-0.3, -0.25) is 0 Å². The second-order valence-electron chi connectivity index (χ2n) is 5.07. The zero-order chi connectivity index (χ0) is 11.9. The minimum absolute atomic E-state index is 0.235. The largest absolute Gasteiger partial charge is 0.508 e. The first kappa shape index (κ1) is 11.3. The number of benzene rings is 1. The highest BCUT2D eigenvalue weighted by Gasteiger charge is 2.58. The van der Waals surface area contributed by atoms with Gasteiger partial charge in [0.25, 0.3) is 0 Å². The normalized spacial score (nSPS) is 26.5. The summed E-state index contributed by atoms with van der Waals surface area (Å²) in [7, 11) is 1.63. The Hall–Kier alpha value is -1.22. The van der Waals surface area contributed by atoms with E-state index in [2.05, 4.69) is 13.8 Å². The summed E-state index contributed by atoms with van der Waals surface area (Å²) in [4.78, 5) is 0. The summed E-state index contributed by atoms with van der Waals surface area (Å²) in [6, 6.07) is 5.31. The van der Waals surface area contributed by atoms with Crippen LogP contribution in [0.5, 0.6) is 11.5 Å². The molecule has 0 aliphatic heterocycles. The highest BCUT2D eigenvalue weighted by molar-refractivity contribution is 5.46. The van der Waals surface area contributed by atoms with Crippen molar-refractivity contribution in [2.75, 3.05) is 13.7 Å². The molecule has 1 aromatic carbocycles. The molecule has 0 spiro atoms. The Kier molecular flexibility index (Phi) is 2.58. The molecule has 1 aliphatic carbocycles. The lowest BCUT2D eigenvalue weighted by Gasteiger charge is -2.10. The molecule has 3 N–H and O–H groups in total. The highest BCUT2D eigenvalue weighted by atomic mass is 16.5. The van der Waals surface area contributed by atoms with Crippen molar-refractivity contribution < 1.29 is 9.84 Å². The average molecular weight is 221 g/mol. The Morgan fingerprint density at radius 3 is 2.62 bits per heavy atom. The Bertz CT molecular complexity index is 401. The lowest BCUT2D eigenvalue weighted by Crippen LogP contribution is -2.05.